The van der Waals surface area contributed by atoms with E-state index in [0.29, 0.717) is 12.1 Å². The average Bonchev–Trinajstić information content (AvgIpc) is 2.19. The number of halogens is 3. The number of carbonyl (C=O) groups excluding carboxylic acids is 1. The Labute approximate surface area is 129 Å². The Morgan fingerprint density at radius 1 is 1.33 bits per heavy atom. The lowest BCUT2D eigenvalue weighted by molar-refractivity contribution is 0.0515. The van der Waals surface area contributed by atoms with Crippen molar-refractivity contribution in [2.24, 2.45) is 5.73 Å². The lowest BCUT2D eigenvalue weighted by atomic mass is 10.2. The zero-order valence-corrected chi connectivity index (χ0v) is 14.1. The molecule has 0 saturated carbocycles. The highest BCUT2D eigenvalue weighted by Crippen LogP contribution is 2.23. The normalized spacial score (nSPS) is 10.1. The van der Waals surface area contributed by atoms with Crippen molar-refractivity contribution in [3.63, 3.8) is 0 Å². The molecule has 0 aliphatic carbocycles. The Morgan fingerprint density at radius 2 is 2.00 bits per heavy atom. The lowest BCUT2D eigenvalue weighted by Crippen LogP contribution is -2.15. The molecule has 3 nitrogen and oxygen atoms in total. The third-order valence-electron chi connectivity index (χ3n) is 1.56. The summed E-state index contributed by atoms with van der Waals surface area (Å²) in [7, 11) is 0. The number of carbonyl (C=O) groups is 1. The topological polar surface area (TPSA) is 52.3 Å². The van der Waals surface area contributed by atoms with E-state index < -0.39 is 0 Å². The summed E-state index contributed by atoms with van der Waals surface area (Å²) in [5.41, 5.74) is 5.88. The lowest BCUT2D eigenvalue weighted by Gasteiger charge is -2.07. The van der Waals surface area contributed by atoms with E-state index in [9.17, 15) is 4.79 Å². The van der Waals surface area contributed by atoms with Crippen molar-refractivity contribution in [1.29, 1.82) is 0 Å². The van der Waals surface area contributed by atoms with Crippen LogP contribution in [0, 0.1) is 10.7 Å². The van der Waals surface area contributed by atoms with E-state index in [0.717, 1.165) is 10.7 Å². The monoisotopic (exact) mass is 543 g/mol. The summed E-state index contributed by atoms with van der Waals surface area (Å²) in [5, 5.41) is 0. The molecule has 0 amide bonds. The van der Waals surface area contributed by atoms with E-state index in [4.69, 9.17) is 10.5 Å². The van der Waals surface area contributed by atoms with Crippen LogP contribution in [0.3, 0.4) is 0 Å². The molecule has 0 aromatic heterocycles. The maximum absolute atomic E-state index is 11.6. The van der Waals surface area contributed by atoms with Crippen LogP contribution in [-0.2, 0) is 4.74 Å². The first-order valence-corrected chi connectivity index (χ1v) is 7.31. The number of rotatable bonds is 3. The number of hydrogen-bond acceptors (Lipinski definition) is 3. The smallest absolute Gasteiger partial charge is 0.339 e. The quantitative estimate of drug-likeness (QED) is 0.363. The van der Waals surface area contributed by atoms with Gasteiger partial charge in [0, 0.05) is 17.3 Å². The second-order valence-electron chi connectivity index (χ2n) is 2.67. The molecule has 82 valence electrons. The fourth-order valence-electron chi connectivity index (χ4n) is 0.934. The number of hydrogen-bond donors (Lipinski definition) is 1. The highest BCUT2D eigenvalue weighted by atomic mass is 127. The Kier molecular flexibility index (Phi) is 6.07. The summed E-state index contributed by atoms with van der Waals surface area (Å²) in [4.78, 5) is 11.6. The summed E-state index contributed by atoms with van der Waals surface area (Å²) in [5.74, 6) is -0.304. The molecule has 15 heavy (non-hydrogen) atoms. The second-order valence-corrected chi connectivity index (χ2v) is 6.16. The van der Waals surface area contributed by atoms with E-state index in [2.05, 4.69) is 67.8 Å². The summed E-state index contributed by atoms with van der Waals surface area (Å²) >= 11 is 6.53. The first kappa shape index (κ1) is 13.9. The van der Waals surface area contributed by atoms with Crippen LogP contribution in [0.5, 0.6) is 0 Å². The van der Waals surface area contributed by atoms with Crippen LogP contribution in [0.2, 0.25) is 0 Å². The molecule has 0 saturated heterocycles. The molecule has 0 radical (unpaired) electrons. The molecule has 1 aromatic carbocycles. The molecule has 0 spiro atoms. The third-order valence-corrected chi connectivity index (χ3v) is 5.23. The summed E-state index contributed by atoms with van der Waals surface area (Å²) in [6, 6.07) is 3.84. The van der Waals surface area contributed by atoms with Gasteiger partial charge in [-0.25, -0.2) is 4.79 Å². The largest absolute Gasteiger partial charge is 0.461 e. The highest BCUT2D eigenvalue weighted by molar-refractivity contribution is 14.1. The Hall–Kier alpha value is 0.840. The van der Waals surface area contributed by atoms with Gasteiger partial charge in [-0.2, -0.15) is 0 Å². The van der Waals surface area contributed by atoms with E-state index in [-0.39, 0.29) is 12.6 Å². The summed E-state index contributed by atoms with van der Waals surface area (Å²) in [6.07, 6.45) is 0. The van der Waals surface area contributed by atoms with Gasteiger partial charge in [0.15, 0.2) is 0 Å². The maximum atomic E-state index is 11.6. The van der Waals surface area contributed by atoms with Crippen LogP contribution in [0.1, 0.15) is 10.4 Å². The van der Waals surface area contributed by atoms with E-state index in [1.165, 1.54) is 0 Å². The number of benzene rings is 1. The molecule has 0 aliphatic heterocycles. The van der Waals surface area contributed by atoms with Gasteiger partial charge in [0.1, 0.15) is 6.61 Å². The fraction of sp³-hybridized carbons (Fsp3) is 0.222. The van der Waals surface area contributed by atoms with Gasteiger partial charge in [0.25, 0.3) is 0 Å². The minimum atomic E-state index is -0.304. The molecule has 0 unspecified atom stereocenters. The first-order valence-electron chi connectivity index (χ1n) is 4.08. The van der Waals surface area contributed by atoms with Crippen LogP contribution < -0.4 is 5.73 Å². The minimum absolute atomic E-state index is 0.261. The van der Waals surface area contributed by atoms with Crippen LogP contribution in [0.15, 0.2) is 12.1 Å². The van der Waals surface area contributed by atoms with E-state index >= 15 is 0 Å². The van der Waals surface area contributed by atoms with Gasteiger partial charge >= 0.3 is 5.97 Å². The molecule has 1 rings (SSSR count). The maximum Gasteiger partial charge on any atom is 0.339 e. The fourth-order valence-corrected chi connectivity index (χ4v) is 3.31. The predicted molar refractivity (Wildman–Crippen MR) is 83.9 cm³/mol. The van der Waals surface area contributed by atoms with Crippen molar-refractivity contribution in [3.05, 3.63) is 28.4 Å². The van der Waals surface area contributed by atoms with Crippen molar-refractivity contribution in [1.82, 2.24) is 0 Å². The zero-order chi connectivity index (χ0) is 11.4. The van der Waals surface area contributed by atoms with Crippen molar-refractivity contribution in [2.75, 3.05) is 13.2 Å². The SMILES string of the molecule is NCCOC(=O)c1cc(I)cc(I)c1I. The molecule has 0 bridgehead atoms. The first-order chi connectivity index (χ1) is 7.06. The van der Waals surface area contributed by atoms with Crippen LogP contribution in [-0.4, -0.2) is 19.1 Å². The van der Waals surface area contributed by atoms with Crippen molar-refractivity contribution >= 4 is 73.7 Å². The molecule has 0 atom stereocenters. The van der Waals surface area contributed by atoms with Gasteiger partial charge in [-0.1, -0.05) is 0 Å². The Balaban J connectivity index is 2.98. The van der Waals surface area contributed by atoms with Gasteiger partial charge in [-0.3, -0.25) is 0 Å². The standard InChI is InChI=1S/C9H8I3NO2/c10-5-3-6(8(12)7(11)4-5)9(14)15-2-1-13/h3-4H,1-2,13H2. The molecule has 2 N–H and O–H groups in total. The number of nitrogens with two attached hydrogens (primary N) is 1. The molecule has 0 fully saturated rings. The van der Waals surface area contributed by atoms with Crippen LogP contribution >= 0.6 is 67.8 Å². The van der Waals surface area contributed by atoms with Gasteiger partial charge < -0.3 is 10.5 Å². The van der Waals surface area contributed by atoms with Crippen molar-refractivity contribution in [3.8, 4) is 0 Å². The molecular weight excluding hydrogens is 535 g/mol. The molecule has 0 aliphatic rings. The van der Waals surface area contributed by atoms with E-state index in [1.54, 1.807) is 0 Å². The van der Waals surface area contributed by atoms with Crippen LogP contribution in [0.4, 0.5) is 0 Å². The van der Waals surface area contributed by atoms with Gasteiger partial charge in [0.05, 0.1) is 5.56 Å². The summed E-state index contributed by atoms with van der Waals surface area (Å²) < 4.78 is 8.00. The van der Waals surface area contributed by atoms with E-state index in [1.807, 2.05) is 12.1 Å². The van der Waals surface area contributed by atoms with Crippen LogP contribution in [0.25, 0.3) is 0 Å². The minimum Gasteiger partial charge on any atom is -0.461 e. The molecule has 0 heterocycles. The molecule has 1 aromatic rings. The van der Waals surface area contributed by atoms with Gasteiger partial charge in [-0.05, 0) is 79.9 Å². The Bertz CT molecular complexity index is 382. The van der Waals surface area contributed by atoms with Crippen molar-refractivity contribution < 1.29 is 9.53 Å². The number of ether oxygens (including phenoxy) is 1. The Morgan fingerprint density at radius 3 is 2.60 bits per heavy atom. The second kappa shape index (κ2) is 6.55. The molecular formula is C9H8I3NO2. The van der Waals surface area contributed by atoms with Crippen molar-refractivity contribution in [2.45, 2.75) is 0 Å². The number of esters is 1. The third kappa shape index (κ3) is 3.97. The highest BCUT2D eigenvalue weighted by Gasteiger charge is 2.14. The summed E-state index contributed by atoms with van der Waals surface area (Å²) in [6.45, 7) is 0.611. The zero-order valence-electron chi connectivity index (χ0n) is 7.60. The molecule has 6 heteroatoms. The van der Waals surface area contributed by atoms with Gasteiger partial charge in [-0.15, -0.1) is 0 Å². The predicted octanol–water partition coefficient (Wildman–Crippen LogP) is 2.62. The van der Waals surface area contributed by atoms with Gasteiger partial charge in [0.2, 0.25) is 0 Å². The average molecular weight is 543 g/mol.